The van der Waals surface area contributed by atoms with Gasteiger partial charge in [-0.1, -0.05) is 39.0 Å². The molecule has 5 nitrogen and oxygen atoms in total. The molecule has 0 unspecified atom stereocenters. The molecule has 19 heavy (non-hydrogen) atoms. The molecule has 0 saturated heterocycles. The lowest BCUT2D eigenvalue weighted by molar-refractivity contribution is -0.159. The second-order valence-electron chi connectivity index (χ2n) is 4.09. The van der Waals surface area contributed by atoms with Gasteiger partial charge in [-0.05, 0) is 19.2 Å². The summed E-state index contributed by atoms with van der Waals surface area (Å²) in [6.07, 6.45) is 8.52. The molecule has 0 aliphatic heterocycles. The van der Waals surface area contributed by atoms with Crippen molar-refractivity contribution in [3.05, 3.63) is 0 Å². The number of carbonyl (C=O) groups is 2. The van der Waals surface area contributed by atoms with Gasteiger partial charge in [0.1, 0.15) is 0 Å². The molecular formula is C13H27NO4S. The van der Waals surface area contributed by atoms with Crippen molar-refractivity contribution >= 4 is 23.7 Å². The van der Waals surface area contributed by atoms with Crippen LogP contribution in [0.2, 0.25) is 0 Å². The lowest BCUT2D eigenvalue weighted by Gasteiger charge is -2.01. The number of aliphatic carboxylic acids is 2. The molecule has 0 fully saturated rings. The number of hydrogen-bond donors (Lipinski definition) is 3. The third kappa shape index (κ3) is 22.9. The van der Waals surface area contributed by atoms with Gasteiger partial charge in [-0.15, -0.1) is 0 Å². The summed E-state index contributed by atoms with van der Waals surface area (Å²) in [7, 11) is 2.02. The van der Waals surface area contributed by atoms with Crippen LogP contribution in [-0.2, 0) is 9.59 Å². The highest BCUT2D eigenvalue weighted by Crippen LogP contribution is 2.08. The Labute approximate surface area is 120 Å². The zero-order valence-corrected chi connectivity index (χ0v) is 12.8. The van der Waals surface area contributed by atoms with Gasteiger partial charge in [-0.3, -0.25) is 0 Å². The lowest BCUT2D eigenvalue weighted by Crippen LogP contribution is -2.09. The molecule has 0 aromatic heterocycles. The second-order valence-corrected chi connectivity index (χ2v) is 5.32. The first-order valence-electron chi connectivity index (χ1n) is 6.74. The molecule has 0 amide bonds. The zero-order valence-electron chi connectivity index (χ0n) is 12.0. The molecule has 114 valence electrons. The first-order valence-corrected chi connectivity index (χ1v) is 7.90. The van der Waals surface area contributed by atoms with E-state index in [4.69, 9.17) is 19.8 Å². The van der Waals surface area contributed by atoms with Gasteiger partial charge in [0.15, 0.2) is 0 Å². The number of carboxylic acid groups (broad SMARTS) is 2. The van der Waals surface area contributed by atoms with E-state index >= 15 is 0 Å². The van der Waals surface area contributed by atoms with Gasteiger partial charge >= 0.3 is 11.9 Å². The van der Waals surface area contributed by atoms with E-state index in [1.54, 1.807) is 0 Å². The van der Waals surface area contributed by atoms with Crippen molar-refractivity contribution in [2.45, 2.75) is 45.4 Å². The molecule has 0 radical (unpaired) electrons. The second kappa shape index (κ2) is 17.2. The molecule has 0 spiro atoms. The number of carboxylic acids is 2. The number of nitrogens with one attached hydrogen (secondary N) is 1. The van der Waals surface area contributed by atoms with Crippen molar-refractivity contribution in [1.29, 1.82) is 0 Å². The molecule has 0 aliphatic carbocycles. The highest BCUT2D eigenvalue weighted by molar-refractivity contribution is 7.99. The minimum atomic E-state index is -1.82. The van der Waals surface area contributed by atoms with Crippen molar-refractivity contribution in [3.8, 4) is 0 Å². The topological polar surface area (TPSA) is 86.6 Å². The van der Waals surface area contributed by atoms with Crippen molar-refractivity contribution in [3.63, 3.8) is 0 Å². The standard InChI is InChI=1S/C11H25NS.C2H2O4/c1-3-4-5-6-7-8-10-13-11-9-12-2;3-1(4)2(5)6/h12H,3-11H2,1-2H3;(H,3,4)(H,5,6). The Balaban J connectivity index is 0. The summed E-state index contributed by atoms with van der Waals surface area (Å²) in [5.41, 5.74) is 0. The van der Waals surface area contributed by atoms with E-state index < -0.39 is 11.9 Å². The van der Waals surface area contributed by atoms with Gasteiger partial charge in [0.2, 0.25) is 0 Å². The lowest BCUT2D eigenvalue weighted by atomic mass is 10.1. The maximum absolute atomic E-state index is 9.10. The highest BCUT2D eigenvalue weighted by atomic mass is 32.2. The Hall–Kier alpha value is -0.750. The van der Waals surface area contributed by atoms with Crippen LogP contribution in [0.3, 0.4) is 0 Å². The largest absolute Gasteiger partial charge is 0.473 e. The van der Waals surface area contributed by atoms with Crippen LogP contribution >= 0.6 is 11.8 Å². The van der Waals surface area contributed by atoms with Crippen LogP contribution in [0.5, 0.6) is 0 Å². The van der Waals surface area contributed by atoms with Gasteiger partial charge in [0.25, 0.3) is 0 Å². The van der Waals surface area contributed by atoms with Gasteiger partial charge < -0.3 is 15.5 Å². The quantitative estimate of drug-likeness (QED) is 0.424. The van der Waals surface area contributed by atoms with E-state index in [0.29, 0.717) is 0 Å². The minimum absolute atomic E-state index is 1.15. The number of thioether (sulfide) groups is 1. The zero-order chi connectivity index (χ0) is 14.9. The summed E-state index contributed by atoms with van der Waals surface area (Å²) in [5.74, 6) is -1.02. The average Bonchev–Trinajstić information content (AvgIpc) is 2.37. The molecule has 6 heteroatoms. The molecule has 0 aromatic carbocycles. The van der Waals surface area contributed by atoms with E-state index in [-0.39, 0.29) is 0 Å². The molecule has 0 saturated carbocycles. The van der Waals surface area contributed by atoms with E-state index in [9.17, 15) is 0 Å². The first-order chi connectivity index (χ1) is 9.06. The third-order valence-electron chi connectivity index (χ3n) is 2.32. The van der Waals surface area contributed by atoms with Crippen LogP contribution in [0, 0.1) is 0 Å². The molecule has 0 bridgehead atoms. The fraction of sp³-hybridized carbons (Fsp3) is 0.846. The van der Waals surface area contributed by atoms with Crippen LogP contribution in [-0.4, -0.2) is 47.2 Å². The monoisotopic (exact) mass is 293 g/mol. The Morgan fingerprint density at radius 1 is 0.947 bits per heavy atom. The van der Waals surface area contributed by atoms with Crippen molar-refractivity contribution < 1.29 is 19.8 Å². The van der Waals surface area contributed by atoms with Crippen molar-refractivity contribution in [1.82, 2.24) is 5.32 Å². The molecule has 3 N–H and O–H groups in total. The Bertz CT molecular complexity index is 203. The number of unbranched alkanes of at least 4 members (excludes halogenated alkanes) is 5. The highest BCUT2D eigenvalue weighted by Gasteiger charge is 2.04. The number of hydrogen-bond acceptors (Lipinski definition) is 4. The van der Waals surface area contributed by atoms with E-state index in [0.717, 1.165) is 6.54 Å². The maximum atomic E-state index is 9.10. The van der Waals surface area contributed by atoms with Crippen LogP contribution in [0.1, 0.15) is 45.4 Å². The maximum Gasteiger partial charge on any atom is 0.414 e. The Morgan fingerprint density at radius 3 is 1.95 bits per heavy atom. The summed E-state index contributed by atoms with van der Waals surface area (Å²) in [4.78, 5) is 18.2. The van der Waals surface area contributed by atoms with Gasteiger partial charge in [0.05, 0.1) is 0 Å². The van der Waals surface area contributed by atoms with Crippen molar-refractivity contribution in [2.75, 3.05) is 25.1 Å². The van der Waals surface area contributed by atoms with E-state index in [1.165, 1.54) is 50.0 Å². The predicted molar refractivity (Wildman–Crippen MR) is 79.9 cm³/mol. The smallest absolute Gasteiger partial charge is 0.414 e. The third-order valence-corrected chi connectivity index (χ3v) is 3.39. The first kappa shape index (κ1) is 20.6. The minimum Gasteiger partial charge on any atom is -0.473 e. The number of rotatable bonds is 10. The van der Waals surface area contributed by atoms with Gasteiger partial charge in [-0.25, -0.2) is 9.59 Å². The van der Waals surface area contributed by atoms with Crippen LogP contribution in [0.15, 0.2) is 0 Å². The van der Waals surface area contributed by atoms with E-state index in [2.05, 4.69) is 24.0 Å². The molecule has 0 aromatic rings. The van der Waals surface area contributed by atoms with Gasteiger partial charge in [-0.2, -0.15) is 11.8 Å². The molecule has 0 heterocycles. The molecule has 0 atom stereocenters. The fourth-order valence-corrected chi connectivity index (χ4v) is 2.22. The summed E-state index contributed by atoms with van der Waals surface area (Å²) in [6, 6.07) is 0. The molecule has 0 aliphatic rings. The summed E-state index contributed by atoms with van der Waals surface area (Å²) in [6.45, 7) is 3.42. The van der Waals surface area contributed by atoms with Crippen LogP contribution < -0.4 is 5.32 Å². The fourth-order valence-electron chi connectivity index (χ4n) is 1.26. The Morgan fingerprint density at radius 2 is 1.47 bits per heavy atom. The van der Waals surface area contributed by atoms with E-state index in [1.807, 2.05) is 7.05 Å². The van der Waals surface area contributed by atoms with Crippen LogP contribution in [0.25, 0.3) is 0 Å². The molecular weight excluding hydrogens is 266 g/mol. The summed E-state index contributed by atoms with van der Waals surface area (Å²) in [5, 5.41) is 17.9. The predicted octanol–water partition coefficient (Wildman–Crippen LogP) is 2.46. The van der Waals surface area contributed by atoms with Gasteiger partial charge in [0, 0.05) is 12.3 Å². The SMILES string of the molecule is CCCCCCCCSCCNC.O=C(O)C(=O)O. The summed E-state index contributed by atoms with van der Waals surface area (Å²) >= 11 is 2.08. The molecule has 0 rings (SSSR count). The van der Waals surface area contributed by atoms with Crippen molar-refractivity contribution in [2.24, 2.45) is 0 Å². The normalized spacial score (nSPS) is 9.58. The Kier molecular flexibility index (Phi) is 18.7. The average molecular weight is 293 g/mol. The van der Waals surface area contributed by atoms with Crippen LogP contribution in [0.4, 0.5) is 0 Å². The summed E-state index contributed by atoms with van der Waals surface area (Å²) < 4.78 is 0.